The number of para-hydroxylation sites is 1. The molecule has 3 nitrogen and oxygen atoms in total. The summed E-state index contributed by atoms with van der Waals surface area (Å²) < 4.78 is 5.30. The van der Waals surface area contributed by atoms with Gasteiger partial charge < -0.3 is 15.2 Å². The molecular formula is C15H17NO2. The number of hydrogen-bond acceptors (Lipinski definition) is 3. The third-order valence-electron chi connectivity index (χ3n) is 2.87. The van der Waals surface area contributed by atoms with Crippen LogP contribution >= 0.6 is 0 Å². The standard InChI is InChI=1S/C15H17NO2/c1-11-9-13(17)7-8-14(11)16-10-12-5-3-4-6-15(12)18-2/h3-9,16-17H,10H2,1-2H3. The van der Waals surface area contributed by atoms with E-state index in [1.54, 1.807) is 19.2 Å². The Hall–Kier alpha value is -2.16. The highest BCUT2D eigenvalue weighted by Crippen LogP contribution is 2.23. The van der Waals surface area contributed by atoms with E-state index in [2.05, 4.69) is 5.32 Å². The van der Waals surface area contributed by atoms with Crippen LogP contribution in [0, 0.1) is 6.92 Å². The van der Waals surface area contributed by atoms with Crippen molar-refractivity contribution in [2.24, 2.45) is 0 Å². The summed E-state index contributed by atoms with van der Waals surface area (Å²) in [5, 5.41) is 12.7. The first kappa shape index (κ1) is 12.3. The van der Waals surface area contributed by atoms with Gasteiger partial charge in [-0.25, -0.2) is 0 Å². The predicted octanol–water partition coefficient (Wildman–Crippen LogP) is 3.32. The molecule has 0 aliphatic carbocycles. The summed E-state index contributed by atoms with van der Waals surface area (Å²) in [7, 11) is 1.67. The molecule has 0 heterocycles. The van der Waals surface area contributed by atoms with Crippen LogP contribution in [-0.2, 0) is 6.54 Å². The first-order chi connectivity index (χ1) is 8.70. The highest BCUT2D eigenvalue weighted by Gasteiger charge is 2.03. The molecule has 2 aromatic rings. The van der Waals surface area contributed by atoms with E-state index in [9.17, 15) is 5.11 Å². The number of rotatable bonds is 4. The van der Waals surface area contributed by atoms with Crippen molar-refractivity contribution in [2.45, 2.75) is 13.5 Å². The molecule has 3 heteroatoms. The van der Waals surface area contributed by atoms with Crippen molar-refractivity contribution in [1.82, 2.24) is 0 Å². The molecule has 94 valence electrons. The SMILES string of the molecule is COc1ccccc1CNc1ccc(O)cc1C. The van der Waals surface area contributed by atoms with Gasteiger partial charge in [0, 0.05) is 17.8 Å². The Kier molecular flexibility index (Phi) is 3.72. The Morgan fingerprint density at radius 1 is 1.17 bits per heavy atom. The van der Waals surface area contributed by atoms with E-state index in [-0.39, 0.29) is 5.75 Å². The summed E-state index contributed by atoms with van der Waals surface area (Å²) in [6, 6.07) is 13.2. The number of aryl methyl sites for hydroxylation is 1. The molecule has 0 atom stereocenters. The van der Waals surface area contributed by atoms with Gasteiger partial charge in [-0.05, 0) is 36.8 Å². The quantitative estimate of drug-likeness (QED) is 0.809. The van der Waals surface area contributed by atoms with E-state index in [1.807, 2.05) is 37.3 Å². The van der Waals surface area contributed by atoms with Crippen molar-refractivity contribution in [3.8, 4) is 11.5 Å². The van der Waals surface area contributed by atoms with Crippen molar-refractivity contribution in [1.29, 1.82) is 0 Å². The molecule has 0 saturated heterocycles. The van der Waals surface area contributed by atoms with Crippen LogP contribution in [-0.4, -0.2) is 12.2 Å². The lowest BCUT2D eigenvalue weighted by Crippen LogP contribution is -2.02. The Labute approximate surface area is 107 Å². The second kappa shape index (κ2) is 5.45. The minimum atomic E-state index is 0.287. The first-order valence-corrected chi connectivity index (χ1v) is 5.86. The van der Waals surface area contributed by atoms with Crippen molar-refractivity contribution in [3.05, 3.63) is 53.6 Å². The van der Waals surface area contributed by atoms with Gasteiger partial charge in [0.1, 0.15) is 11.5 Å². The van der Waals surface area contributed by atoms with Gasteiger partial charge in [0.2, 0.25) is 0 Å². The summed E-state index contributed by atoms with van der Waals surface area (Å²) in [5.41, 5.74) is 3.14. The zero-order valence-electron chi connectivity index (χ0n) is 10.6. The molecule has 0 fully saturated rings. The van der Waals surface area contributed by atoms with Crippen molar-refractivity contribution in [3.63, 3.8) is 0 Å². The van der Waals surface area contributed by atoms with E-state index in [0.29, 0.717) is 6.54 Å². The number of anilines is 1. The Bertz CT molecular complexity index is 538. The van der Waals surface area contributed by atoms with Crippen molar-refractivity contribution < 1.29 is 9.84 Å². The normalized spacial score (nSPS) is 10.1. The second-order valence-corrected chi connectivity index (χ2v) is 4.16. The zero-order valence-corrected chi connectivity index (χ0v) is 10.6. The van der Waals surface area contributed by atoms with E-state index in [1.165, 1.54) is 0 Å². The average Bonchev–Trinajstić information content (AvgIpc) is 2.38. The topological polar surface area (TPSA) is 41.5 Å². The third kappa shape index (κ3) is 2.74. The first-order valence-electron chi connectivity index (χ1n) is 5.86. The molecule has 0 spiro atoms. The number of nitrogens with one attached hydrogen (secondary N) is 1. The lowest BCUT2D eigenvalue weighted by Gasteiger charge is -2.12. The van der Waals surface area contributed by atoms with Gasteiger partial charge in [-0.2, -0.15) is 0 Å². The van der Waals surface area contributed by atoms with E-state index in [4.69, 9.17) is 4.74 Å². The Balaban J connectivity index is 2.11. The van der Waals surface area contributed by atoms with Gasteiger partial charge in [0.15, 0.2) is 0 Å². The summed E-state index contributed by atoms with van der Waals surface area (Å²) in [6.45, 7) is 2.65. The highest BCUT2D eigenvalue weighted by atomic mass is 16.5. The number of benzene rings is 2. The van der Waals surface area contributed by atoms with E-state index >= 15 is 0 Å². The number of aromatic hydroxyl groups is 1. The fourth-order valence-corrected chi connectivity index (χ4v) is 1.89. The fourth-order valence-electron chi connectivity index (χ4n) is 1.89. The van der Waals surface area contributed by atoms with Gasteiger partial charge in [-0.15, -0.1) is 0 Å². The maximum absolute atomic E-state index is 9.36. The minimum absolute atomic E-state index is 0.287. The van der Waals surface area contributed by atoms with Crippen LogP contribution in [0.25, 0.3) is 0 Å². The smallest absolute Gasteiger partial charge is 0.123 e. The summed E-state index contributed by atoms with van der Waals surface area (Å²) in [6.07, 6.45) is 0. The van der Waals surface area contributed by atoms with Crippen LogP contribution in [0.2, 0.25) is 0 Å². The summed E-state index contributed by atoms with van der Waals surface area (Å²) in [5.74, 6) is 1.16. The highest BCUT2D eigenvalue weighted by molar-refractivity contribution is 5.54. The van der Waals surface area contributed by atoms with Gasteiger partial charge in [0.25, 0.3) is 0 Å². The fraction of sp³-hybridized carbons (Fsp3) is 0.200. The largest absolute Gasteiger partial charge is 0.508 e. The molecule has 2 aromatic carbocycles. The molecule has 0 saturated carbocycles. The zero-order chi connectivity index (χ0) is 13.0. The number of methoxy groups -OCH3 is 1. The second-order valence-electron chi connectivity index (χ2n) is 4.16. The van der Waals surface area contributed by atoms with Crippen molar-refractivity contribution in [2.75, 3.05) is 12.4 Å². The lowest BCUT2D eigenvalue weighted by molar-refractivity contribution is 0.410. The summed E-state index contributed by atoms with van der Waals surface area (Å²) >= 11 is 0. The van der Waals surface area contributed by atoms with Crippen LogP contribution in [0.4, 0.5) is 5.69 Å². The maximum Gasteiger partial charge on any atom is 0.123 e. The number of phenols is 1. The molecule has 0 radical (unpaired) electrons. The molecule has 2 rings (SSSR count). The van der Waals surface area contributed by atoms with Gasteiger partial charge in [0.05, 0.1) is 7.11 Å². The Morgan fingerprint density at radius 2 is 1.94 bits per heavy atom. The minimum Gasteiger partial charge on any atom is -0.508 e. The van der Waals surface area contributed by atoms with E-state index in [0.717, 1.165) is 22.6 Å². The molecule has 18 heavy (non-hydrogen) atoms. The van der Waals surface area contributed by atoms with Crippen LogP contribution in [0.15, 0.2) is 42.5 Å². The predicted molar refractivity (Wildman–Crippen MR) is 73.2 cm³/mol. The van der Waals surface area contributed by atoms with Crippen LogP contribution in [0.1, 0.15) is 11.1 Å². The molecule has 2 N–H and O–H groups in total. The van der Waals surface area contributed by atoms with Crippen molar-refractivity contribution >= 4 is 5.69 Å². The molecule has 0 bridgehead atoms. The van der Waals surface area contributed by atoms with E-state index < -0.39 is 0 Å². The Morgan fingerprint density at radius 3 is 2.67 bits per heavy atom. The molecule has 0 unspecified atom stereocenters. The number of phenolic OH excluding ortho intramolecular Hbond substituents is 1. The molecule has 0 amide bonds. The van der Waals surface area contributed by atoms with Crippen LogP contribution in [0.5, 0.6) is 11.5 Å². The van der Waals surface area contributed by atoms with Gasteiger partial charge >= 0.3 is 0 Å². The molecular weight excluding hydrogens is 226 g/mol. The summed E-state index contributed by atoms with van der Waals surface area (Å²) in [4.78, 5) is 0. The maximum atomic E-state index is 9.36. The third-order valence-corrected chi connectivity index (χ3v) is 2.87. The molecule has 0 aliphatic rings. The van der Waals surface area contributed by atoms with Gasteiger partial charge in [-0.1, -0.05) is 18.2 Å². The monoisotopic (exact) mass is 243 g/mol. The lowest BCUT2D eigenvalue weighted by atomic mass is 10.1. The molecule has 0 aromatic heterocycles. The number of hydrogen-bond donors (Lipinski definition) is 2. The molecule has 0 aliphatic heterocycles. The van der Waals surface area contributed by atoms with Crippen LogP contribution < -0.4 is 10.1 Å². The van der Waals surface area contributed by atoms with Crippen LogP contribution in [0.3, 0.4) is 0 Å². The average molecular weight is 243 g/mol. The van der Waals surface area contributed by atoms with Gasteiger partial charge in [-0.3, -0.25) is 0 Å². The number of ether oxygens (including phenoxy) is 1.